The molecule has 4 nitrogen and oxygen atoms in total. The smallest absolute Gasteiger partial charge is 0.290 e. The van der Waals surface area contributed by atoms with Crippen molar-refractivity contribution in [3.63, 3.8) is 0 Å². The minimum absolute atomic E-state index is 0. The lowest BCUT2D eigenvalue weighted by atomic mass is 10.1. The number of carbonyl (C=O) groups excluding carboxylic acids is 1. The first-order valence-electron chi connectivity index (χ1n) is 8.76. The highest BCUT2D eigenvalue weighted by atomic mass is 35.5. The third-order valence-corrected chi connectivity index (χ3v) is 4.81. The van der Waals surface area contributed by atoms with E-state index in [4.69, 9.17) is 4.42 Å². The summed E-state index contributed by atoms with van der Waals surface area (Å²) in [5.41, 5.74) is 2.31. The summed E-state index contributed by atoms with van der Waals surface area (Å²) >= 11 is 0. The van der Waals surface area contributed by atoms with Crippen molar-refractivity contribution in [3.05, 3.63) is 59.5 Å². The first kappa shape index (κ1) is 19.5. The Hall–Kier alpha value is -1.78. The van der Waals surface area contributed by atoms with E-state index < -0.39 is 0 Å². The molecule has 136 valence electrons. The Morgan fingerprint density at radius 3 is 2.60 bits per heavy atom. The molecule has 3 rings (SSSR count). The van der Waals surface area contributed by atoms with Gasteiger partial charge in [-0.05, 0) is 44.9 Å². The summed E-state index contributed by atoms with van der Waals surface area (Å²) in [6.07, 6.45) is 3.86. The van der Waals surface area contributed by atoms with E-state index in [1.807, 2.05) is 17.9 Å². The number of amides is 1. The second kappa shape index (κ2) is 9.07. The summed E-state index contributed by atoms with van der Waals surface area (Å²) < 4.78 is 5.36. The lowest BCUT2D eigenvalue weighted by Gasteiger charge is -2.39. The van der Waals surface area contributed by atoms with Gasteiger partial charge in [0.25, 0.3) is 5.91 Å². The molecule has 1 saturated heterocycles. The number of furan rings is 1. The second-order valence-corrected chi connectivity index (χ2v) is 6.67. The Labute approximate surface area is 156 Å². The van der Waals surface area contributed by atoms with Gasteiger partial charge in [-0.25, -0.2) is 0 Å². The van der Waals surface area contributed by atoms with Gasteiger partial charge in [0.2, 0.25) is 0 Å². The van der Waals surface area contributed by atoms with Gasteiger partial charge in [0.15, 0.2) is 5.76 Å². The van der Waals surface area contributed by atoms with Crippen molar-refractivity contribution in [2.45, 2.75) is 32.7 Å². The standard InChI is InChI=1S/C20H26N2O2.ClH/c1-16-10-14-24-19(16)20(23)22-13-12-21(15-17(22)2)11-6-9-18-7-4-3-5-8-18;/h3-5,7-8,10,14,17H,6,9,11-13,15H2,1-2H3;1H. The third kappa shape index (κ3) is 4.86. The van der Waals surface area contributed by atoms with E-state index in [1.54, 1.807) is 6.26 Å². The highest BCUT2D eigenvalue weighted by Crippen LogP contribution is 2.17. The molecule has 1 unspecified atom stereocenters. The van der Waals surface area contributed by atoms with E-state index in [9.17, 15) is 4.79 Å². The van der Waals surface area contributed by atoms with E-state index in [0.717, 1.165) is 44.6 Å². The SMILES string of the molecule is Cc1ccoc1C(=O)N1CCN(CCCc2ccccc2)CC1C.Cl. The van der Waals surface area contributed by atoms with Gasteiger partial charge in [-0.15, -0.1) is 12.4 Å². The number of hydrogen-bond acceptors (Lipinski definition) is 3. The van der Waals surface area contributed by atoms with Crippen LogP contribution >= 0.6 is 12.4 Å². The van der Waals surface area contributed by atoms with Gasteiger partial charge < -0.3 is 9.32 Å². The van der Waals surface area contributed by atoms with Crippen molar-refractivity contribution in [1.29, 1.82) is 0 Å². The first-order chi connectivity index (χ1) is 11.6. The molecule has 1 aliphatic heterocycles. The van der Waals surface area contributed by atoms with E-state index in [1.165, 1.54) is 5.56 Å². The van der Waals surface area contributed by atoms with Crippen molar-refractivity contribution in [1.82, 2.24) is 9.80 Å². The highest BCUT2D eigenvalue weighted by molar-refractivity contribution is 5.93. The molecule has 1 aliphatic rings. The topological polar surface area (TPSA) is 36.7 Å². The van der Waals surface area contributed by atoms with Crippen LogP contribution in [0, 0.1) is 6.92 Å². The molecule has 0 N–H and O–H groups in total. The van der Waals surface area contributed by atoms with Crippen LogP contribution in [-0.4, -0.2) is 47.9 Å². The number of rotatable bonds is 5. The van der Waals surface area contributed by atoms with Crippen LogP contribution in [0.3, 0.4) is 0 Å². The highest BCUT2D eigenvalue weighted by Gasteiger charge is 2.29. The number of aryl methyl sites for hydroxylation is 2. The molecule has 0 aliphatic carbocycles. The Bertz CT molecular complexity index is 671. The Balaban J connectivity index is 0.00000225. The van der Waals surface area contributed by atoms with E-state index >= 15 is 0 Å². The van der Waals surface area contributed by atoms with Gasteiger partial charge >= 0.3 is 0 Å². The van der Waals surface area contributed by atoms with Gasteiger partial charge in [-0.1, -0.05) is 30.3 Å². The summed E-state index contributed by atoms with van der Waals surface area (Å²) in [5.74, 6) is 0.508. The normalized spacial score (nSPS) is 18.0. The van der Waals surface area contributed by atoms with Gasteiger partial charge in [0, 0.05) is 31.2 Å². The fourth-order valence-electron chi connectivity index (χ4n) is 3.41. The van der Waals surface area contributed by atoms with Crippen molar-refractivity contribution in [2.75, 3.05) is 26.2 Å². The summed E-state index contributed by atoms with van der Waals surface area (Å²) in [4.78, 5) is 17.0. The molecule has 1 amide bonds. The predicted octanol–water partition coefficient (Wildman–Crippen LogP) is 3.79. The molecule has 0 bridgehead atoms. The largest absolute Gasteiger partial charge is 0.459 e. The van der Waals surface area contributed by atoms with Crippen LogP contribution in [0.5, 0.6) is 0 Å². The monoisotopic (exact) mass is 362 g/mol. The van der Waals surface area contributed by atoms with Gasteiger partial charge in [0.05, 0.1) is 6.26 Å². The van der Waals surface area contributed by atoms with Crippen LogP contribution in [0.4, 0.5) is 0 Å². The summed E-state index contributed by atoms with van der Waals surface area (Å²) in [5, 5.41) is 0. The van der Waals surface area contributed by atoms with E-state index in [2.05, 4.69) is 42.2 Å². The first-order valence-corrected chi connectivity index (χ1v) is 8.76. The van der Waals surface area contributed by atoms with Gasteiger partial charge in [-0.2, -0.15) is 0 Å². The summed E-state index contributed by atoms with van der Waals surface area (Å²) in [6.45, 7) is 7.76. The third-order valence-electron chi connectivity index (χ3n) is 4.81. The average molecular weight is 363 g/mol. The lowest BCUT2D eigenvalue weighted by molar-refractivity contribution is 0.0458. The molecule has 25 heavy (non-hydrogen) atoms. The number of halogens is 1. The second-order valence-electron chi connectivity index (χ2n) is 6.67. The fraction of sp³-hybridized carbons (Fsp3) is 0.450. The zero-order valence-corrected chi connectivity index (χ0v) is 15.8. The molecule has 5 heteroatoms. The maximum atomic E-state index is 12.6. The number of benzene rings is 1. The van der Waals surface area contributed by atoms with Crippen molar-refractivity contribution >= 4 is 18.3 Å². The van der Waals surface area contributed by atoms with Gasteiger partial charge in [0.1, 0.15) is 0 Å². The molecule has 1 atom stereocenters. The van der Waals surface area contributed by atoms with E-state index in [0.29, 0.717) is 5.76 Å². The molecule has 2 aromatic rings. The van der Waals surface area contributed by atoms with Crippen LogP contribution < -0.4 is 0 Å². The quantitative estimate of drug-likeness (QED) is 0.812. The number of carbonyl (C=O) groups is 1. The molecule has 1 aromatic heterocycles. The lowest BCUT2D eigenvalue weighted by Crippen LogP contribution is -2.54. The van der Waals surface area contributed by atoms with Crippen LogP contribution in [0.1, 0.15) is 35.0 Å². The van der Waals surface area contributed by atoms with Crippen molar-refractivity contribution in [3.8, 4) is 0 Å². The number of hydrogen-bond donors (Lipinski definition) is 0. The molecule has 1 aromatic carbocycles. The van der Waals surface area contributed by atoms with Crippen molar-refractivity contribution < 1.29 is 9.21 Å². The minimum Gasteiger partial charge on any atom is -0.459 e. The average Bonchev–Trinajstić information content (AvgIpc) is 3.01. The molecular formula is C20H27ClN2O2. The molecule has 0 radical (unpaired) electrons. The zero-order valence-electron chi connectivity index (χ0n) is 15.0. The van der Waals surface area contributed by atoms with Crippen LogP contribution in [0.25, 0.3) is 0 Å². The van der Waals surface area contributed by atoms with Crippen LogP contribution in [0.15, 0.2) is 47.1 Å². The van der Waals surface area contributed by atoms with Gasteiger partial charge in [-0.3, -0.25) is 9.69 Å². The number of piperazine rings is 1. The summed E-state index contributed by atoms with van der Waals surface area (Å²) in [7, 11) is 0. The van der Waals surface area contributed by atoms with E-state index in [-0.39, 0.29) is 24.4 Å². The maximum absolute atomic E-state index is 12.6. The zero-order chi connectivity index (χ0) is 16.9. The minimum atomic E-state index is 0. The number of nitrogens with zero attached hydrogens (tertiary/aromatic N) is 2. The predicted molar refractivity (Wildman–Crippen MR) is 102 cm³/mol. The van der Waals surface area contributed by atoms with Crippen LogP contribution in [-0.2, 0) is 6.42 Å². The Morgan fingerprint density at radius 2 is 1.96 bits per heavy atom. The summed E-state index contributed by atoms with van der Waals surface area (Å²) in [6, 6.07) is 12.7. The Kier molecular flexibility index (Phi) is 7.09. The molecule has 0 saturated carbocycles. The molecule has 2 heterocycles. The maximum Gasteiger partial charge on any atom is 0.290 e. The molecule has 0 spiro atoms. The van der Waals surface area contributed by atoms with Crippen LogP contribution in [0.2, 0.25) is 0 Å². The van der Waals surface area contributed by atoms with Crippen molar-refractivity contribution in [2.24, 2.45) is 0 Å². The molecule has 1 fully saturated rings. The Morgan fingerprint density at radius 1 is 1.20 bits per heavy atom. The molecular weight excluding hydrogens is 336 g/mol. The fourth-order valence-corrected chi connectivity index (χ4v) is 3.41.